The van der Waals surface area contributed by atoms with Gasteiger partial charge in [-0.25, -0.2) is 0 Å². The third kappa shape index (κ3) is 4.44. The molecule has 1 unspecified atom stereocenters. The van der Waals surface area contributed by atoms with Crippen molar-refractivity contribution in [2.75, 3.05) is 31.7 Å². The van der Waals surface area contributed by atoms with E-state index in [0.717, 1.165) is 22.6 Å². The second-order valence-electron chi connectivity index (χ2n) is 6.96. The van der Waals surface area contributed by atoms with Crippen LogP contribution >= 0.6 is 0 Å². The lowest BCUT2D eigenvalue weighted by Crippen LogP contribution is -2.35. The first-order valence-corrected chi connectivity index (χ1v) is 9.40. The van der Waals surface area contributed by atoms with E-state index >= 15 is 0 Å². The number of para-hydroxylation sites is 1. The van der Waals surface area contributed by atoms with Crippen LogP contribution in [0.5, 0.6) is 11.5 Å². The van der Waals surface area contributed by atoms with Crippen LogP contribution in [0.15, 0.2) is 42.5 Å². The van der Waals surface area contributed by atoms with E-state index < -0.39 is 0 Å². The molecule has 1 fully saturated rings. The highest BCUT2D eigenvalue weighted by Crippen LogP contribution is 2.30. The summed E-state index contributed by atoms with van der Waals surface area (Å²) in [5.74, 6) is 1.02. The number of benzene rings is 2. The van der Waals surface area contributed by atoms with Gasteiger partial charge in [0.15, 0.2) is 0 Å². The quantitative estimate of drug-likeness (QED) is 0.748. The number of rotatable bonds is 7. The zero-order valence-corrected chi connectivity index (χ0v) is 16.5. The maximum Gasteiger partial charge on any atom is 0.227 e. The van der Waals surface area contributed by atoms with Gasteiger partial charge in [0.05, 0.1) is 19.6 Å². The van der Waals surface area contributed by atoms with Crippen molar-refractivity contribution in [3.63, 3.8) is 0 Å². The van der Waals surface area contributed by atoms with Crippen molar-refractivity contribution in [3.8, 4) is 11.5 Å². The Morgan fingerprint density at radius 3 is 2.39 bits per heavy atom. The normalized spacial score (nSPS) is 16.2. The summed E-state index contributed by atoms with van der Waals surface area (Å²) in [7, 11) is 1.61. The number of hydrogen-bond acceptors (Lipinski definition) is 4. The lowest BCUT2D eigenvalue weighted by Gasteiger charge is -2.21. The molecule has 1 atom stereocenters. The monoisotopic (exact) mass is 382 g/mol. The van der Waals surface area contributed by atoms with Crippen LogP contribution in [0.3, 0.4) is 0 Å². The number of ether oxygens (including phenoxy) is 2. The predicted molar refractivity (Wildman–Crippen MR) is 108 cm³/mol. The van der Waals surface area contributed by atoms with Gasteiger partial charge in [-0.05, 0) is 49.2 Å². The van der Waals surface area contributed by atoms with E-state index in [-0.39, 0.29) is 24.2 Å². The molecule has 148 valence electrons. The second kappa shape index (κ2) is 8.78. The molecule has 0 aromatic heterocycles. The summed E-state index contributed by atoms with van der Waals surface area (Å²) in [6.07, 6.45) is 0.235. The van der Waals surface area contributed by atoms with Crippen molar-refractivity contribution in [2.45, 2.75) is 20.3 Å². The molecule has 0 radical (unpaired) electrons. The van der Waals surface area contributed by atoms with Gasteiger partial charge in [0.1, 0.15) is 18.1 Å². The first kappa shape index (κ1) is 19.7. The van der Waals surface area contributed by atoms with Crippen LogP contribution in [0.1, 0.15) is 17.5 Å². The Hall–Kier alpha value is -3.02. The predicted octanol–water partition coefficient (Wildman–Crippen LogP) is 2.86. The van der Waals surface area contributed by atoms with Crippen LogP contribution in [0, 0.1) is 19.8 Å². The summed E-state index contributed by atoms with van der Waals surface area (Å²) in [6.45, 7) is 5.13. The average Bonchev–Trinajstić information content (AvgIpc) is 3.07. The van der Waals surface area contributed by atoms with Gasteiger partial charge in [0.25, 0.3) is 0 Å². The Morgan fingerprint density at radius 2 is 1.75 bits per heavy atom. The van der Waals surface area contributed by atoms with Crippen molar-refractivity contribution >= 4 is 17.5 Å². The Balaban J connectivity index is 1.49. The van der Waals surface area contributed by atoms with Gasteiger partial charge in [-0.2, -0.15) is 0 Å². The largest absolute Gasteiger partial charge is 0.497 e. The number of amides is 2. The topological polar surface area (TPSA) is 67.9 Å². The second-order valence-corrected chi connectivity index (χ2v) is 6.96. The van der Waals surface area contributed by atoms with Gasteiger partial charge < -0.3 is 19.7 Å². The lowest BCUT2D eigenvalue weighted by molar-refractivity contribution is -0.126. The molecule has 1 N–H and O–H groups in total. The first-order valence-electron chi connectivity index (χ1n) is 9.40. The molecular formula is C22H26N2O4. The number of aryl methyl sites for hydroxylation is 2. The molecule has 2 aromatic carbocycles. The fourth-order valence-corrected chi connectivity index (χ4v) is 3.49. The highest BCUT2D eigenvalue weighted by Gasteiger charge is 2.36. The third-order valence-corrected chi connectivity index (χ3v) is 4.93. The summed E-state index contributed by atoms with van der Waals surface area (Å²) in [5.41, 5.74) is 3.01. The summed E-state index contributed by atoms with van der Waals surface area (Å²) < 4.78 is 10.7. The first-order chi connectivity index (χ1) is 13.5. The lowest BCUT2D eigenvalue weighted by atomic mass is 10.1. The van der Waals surface area contributed by atoms with Gasteiger partial charge in [0.2, 0.25) is 11.8 Å². The molecule has 0 aliphatic carbocycles. The molecule has 3 rings (SSSR count). The maximum absolute atomic E-state index is 12.5. The zero-order valence-electron chi connectivity index (χ0n) is 16.5. The SMILES string of the molecule is COc1ccc(OCCNC(=O)C2CC(=O)N(c3c(C)cccc3C)C2)cc1. The molecule has 0 bridgehead atoms. The molecule has 1 heterocycles. The molecule has 1 aliphatic rings. The fourth-order valence-electron chi connectivity index (χ4n) is 3.49. The minimum Gasteiger partial charge on any atom is -0.497 e. The van der Waals surface area contributed by atoms with Crippen LogP contribution in [0.4, 0.5) is 5.69 Å². The van der Waals surface area contributed by atoms with Crippen molar-refractivity contribution in [3.05, 3.63) is 53.6 Å². The number of methoxy groups -OCH3 is 1. The highest BCUT2D eigenvalue weighted by atomic mass is 16.5. The molecular weight excluding hydrogens is 356 g/mol. The van der Waals surface area contributed by atoms with Gasteiger partial charge >= 0.3 is 0 Å². The Labute approximate surface area is 165 Å². The van der Waals surface area contributed by atoms with Crippen LogP contribution in [-0.2, 0) is 9.59 Å². The van der Waals surface area contributed by atoms with Crippen molar-refractivity contribution < 1.29 is 19.1 Å². The summed E-state index contributed by atoms with van der Waals surface area (Å²) >= 11 is 0. The van der Waals surface area contributed by atoms with Gasteiger partial charge in [0, 0.05) is 18.7 Å². The third-order valence-electron chi connectivity index (χ3n) is 4.93. The van der Waals surface area contributed by atoms with E-state index in [4.69, 9.17) is 9.47 Å². The zero-order chi connectivity index (χ0) is 20.1. The van der Waals surface area contributed by atoms with E-state index in [0.29, 0.717) is 25.4 Å². The van der Waals surface area contributed by atoms with Crippen molar-refractivity contribution in [1.82, 2.24) is 5.32 Å². The van der Waals surface area contributed by atoms with E-state index in [1.165, 1.54) is 0 Å². The van der Waals surface area contributed by atoms with Gasteiger partial charge in [-0.15, -0.1) is 0 Å². The van der Waals surface area contributed by atoms with E-state index in [1.807, 2.05) is 56.3 Å². The van der Waals surface area contributed by atoms with Crippen molar-refractivity contribution in [2.24, 2.45) is 5.92 Å². The van der Waals surface area contributed by atoms with E-state index in [1.54, 1.807) is 12.0 Å². The molecule has 1 saturated heterocycles. The Bertz CT molecular complexity index is 828. The molecule has 1 aliphatic heterocycles. The van der Waals surface area contributed by atoms with E-state index in [2.05, 4.69) is 5.32 Å². The Morgan fingerprint density at radius 1 is 1.11 bits per heavy atom. The molecule has 2 amide bonds. The number of carbonyl (C=O) groups is 2. The Kier molecular flexibility index (Phi) is 6.19. The molecule has 0 spiro atoms. The fraction of sp³-hybridized carbons (Fsp3) is 0.364. The smallest absolute Gasteiger partial charge is 0.227 e. The maximum atomic E-state index is 12.5. The number of nitrogens with zero attached hydrogens (tertiary/aromatic N) is 1. The van der Waals surface area contributed by atoms with Crippen LogP contribution in [0.25, 0.3) is 0 Å². The van der Waals surface area contributed by atoms with Gasteiger partial charge in [-0.1, -0.05) is 18.2 Å². The molecule has 0 saturated carbocycles. The molecule has 28 heavy (non-hydrogen) atoms. The molecule has 2 aromatic rings. The van der Waals surface area contributed by atoms with Gasteiger partial charge in [-0.3, -0.25) is 9.59 Å². The summed E-state index contributed by atoms with van der Waals surface area (Å²) in [4.78, 5) is 26.7. The summed E-state index contributed by atoms with van der Waals surface area (Å²) in [6, 6.07) is 13.2. The van der Waals surface area contributed by atoms with Crippen LogP contribution < -0.4 is 19.7 Å². The van der Waals surface area contributed by atoms with Crippen LogP contribution in [0.2, 0.25) is 0 Å². The minimum absolute atomic E-state index is 0.00738. The highest BCUT2D eigenvalue weighted by molar-refractivity contribution is 6.01. The molecule has 6 nitrogen and oxygen atoms in total. The summed E-state index contributed by atoms with van der Waals surface area (Å²) in [5, 5.41) is 2.87. The number of hydrogen-bond donors (Lipinski definition) is 1. The standard InChI is InChI=1S/C22H26N2O4/c1-15-5-4-6-16(2)21(15)24-14-17(13-20(24)25)22(26)23-11-12-28-19-9-7-18(27-3)8-10-19/h4-10,17H,11-14H2,1-3H3,(H,23,26). The molecule has 6 heteroatoms. The number of carbonyl (C=O) groups excluding carboxylic acids is 2. The van der Waals surface area contributed by atoms with Crippen LogP contribution in [-0.4, -0.2) is 38.6 Å². The van der Waals surface area contributed by atoms with Crippen molar-refractivity contribution in [1.29, 1.82) is 0 Å². The number of anilines is 1. The minimum atomic E-state index is -0.340. The average molecular weight is 382 g/mol. The number of nitrogens with one attached hydrogen (secondary N) is 1. The van der Waals surface area contributed by atoms with E-state index in [9.17, 15) is 9.59 Å².